The quantitative estimate of drug-likeness (QED) is 0.644. The van der Waals surface area contributed by atoms with E-state index in [-0.39, 0.29) is 5.82 Å². The minimum atomic E-state index is -0.218. The van der Waals surface area contributed by atoms with Gasteiger partial charge >= 0.3 is 0 Å². The highest BCUT2D eigenvalue weighted by atomic mass is 19.1. The number of aromatic nitrogens is 2. The fourth-order valence-corrected chi connectivity index (χ4v) is 4.78. The molecule has 158 valence electrons. The molecule has 31 heavy (non-hydrogen) atoms. The van der Waals surface area contributed by atoms with E-state index in [1.807, 2.05) is 41.1 Å². The van der Waals surface area contributed by atoms with Gasteiger partial charge in [0.1, 0.15) is 5.82 Å². The van der Waals surface area contributed by atoms with Gasteiger partial charge in [-0.2, -0.15) is 10.4 Å². The van der Waals surface area contributed by atoms with E-state index in [1.54, 1.807) is 0 Å². The summed E-state index contributed by atoms with van der Waals surface area (Å²) < 4.78 is 15.4. The average Bonchev–Trinajstić information content (AvgIpc) is 3.32. The Balaban J connectivity index is 1.31. The number of nitrogens with zero attached hydrogens (tertiary/aromatic N) is 5. The summed E-state index contributed by atoms with van der Waals surface area (Å²) in [6.45, 7) is 4.87. The van der Waals surface area contributed by atoms with Crippen LogP contribution in [0.15, 0.2) is 48.5 Å². The van der Waals surface area contributed by atoms with Crippen LogP contribution >= 0.6 is 0 Å². The van der Waals surface area contributed by atoms with E-state index in [0.29, 0.717) is 5.56 Å². The number of hydrogen-bond acceptors (Lipinski definition) is 4. The van der Waals surface area contributed by atoms with Crippen molar-refractivity contribution in [2.75, 3.05) is 31.1 Å². The first-order chi connectivity index (χ1) is 15.2. The molecule has 1 aliphatic heterocycles. The molecule has 1 saturated heterocycles. The minimum Gasteiger partial charge on any atom is -0.370 e. The fraction of sp³-hybridized carbons (Fsp3) is 0.360. The third-order valence-electron chi connectivity index (χ3n) is 6.41. The molecule has 5 nitrogen and oxygen atoms in total. The molecule has 0 radical (unpaired) electrons. The number of fused-ring (bicyclic) bond motifs is 1. The van der Waals surface area contributed by atoms with Gasteiger partial charge in [0.2, 0.25) is 0 Å². The van der Waals surface area contributed by atoms with Gasteiger partial charge in [-0.3, -0.25) is 4.90 Å². The molecule has 3 aromatic rings. The van der Waals surface area contributed by atoms with Crippen molar-refractivity contribution in [1.82, 2.24) is 14.7 Å². The predicted octanol–water partition coefficient (Wildman–Crippen LogP) is 4.08. The maximum Gasteiger partial charge on any atom is 0.123 e. The van der Waals surface area contributed by atoms with E-state index in [1.165, 1.54) is 34.8 Å². The Labute approximate surface area is 182 Å². The molecule has 1 aliphatic carbocycles. The van der Waals surface area contributed by atoms with E-state index < -0.39 is 0 Å². The van der Waals surface area contributed by atoms with Gasteiger partial charge in [-0.15, -0.1) is 0 Å². The molecule has 0 amide bonds. The van der Waals surface area contributed by atoms with Gasteiger partial charge in [0, 0.05) is 44.1 Å². The molecule has 0 unspecified atom stereocenters. The summed E-state index contributed by atoms with van der Waals surface area (Å²) in [6, 6.07) is 16.7. The third-order valence-corrected chi connectivity index (χ3v) is 6.41. The highest BCUT2D eigenvalue weighted by Gasteiger charge is 2.25. The summed E-state index contributed by atoms with van der Waals surface area (Å²) in [5.41, 5.74) is 6.67. The van der Waals surface area contributed by atoms with E-state index in [4.69, 9.17) is 10.4 Å². The summed E-state index contributed by atoms with van der Waals surface area (Å²) >= 11 is 0. The van der Waals surface area contributed by atoms with Gasteiger partial charge in [-0.05, 0) is 79.8 Å². The Morgan fingerprint density at radius 2 is 1.65 bits per heavy atom. The second kappa shape index (κ2) is 8.52. The van der Waals surface area contributed by atoms with Gasteiger partial charge in [0.25, 0.3) is 0 Å². The molecule has 2 aliphatic rings. The Bertz CT molecular complexity index is 1090. The normalized spacial score (nSPS) is 16.7. The molecule has 6 heteroatoms. The molecule has 0 bridgehead atoms. The second-order valence-corrected chi connectivity index (χ2v) is 8.39. The Morgan fingerprint density at radius 1 is 0.871 bits per heavy atom. The van der Waals surface area contributed by atoms with Crippen molar-refractivity contribution in [2.24, 2.45) is 0 Å². The van der Waals surface area contributed by atoms with E-state index in [2.05, 4.69) is 15.9 Å². The van der Waals surface area contributed by atoms with Crippen LogP contribution in [0.5, 0.6) is 0 Å². The van der Waals surface area contributed by atoms with Crippen LogP contribution in [0.2, 0.25) is 0 Å². The monoisotopic (exact) mass is 415 g/mol. The number of halogens is 1. The number of rotatable bonds is 4. The highest BCUT2D eigenvalue weighted by Crippen LogP contribution is 2.29. The van der Waals surface area contributed by atoms with Crippen LogP contribution in [-0.2, 0) is 19.4 Å². The molecule has 1 fully saturated rings. The lowest BCUT2D eigenvalue weighted by molar-refractivity contribution is 0.280. The minimum absolute atomic E-state index is 0.218. The van der Waals surface area contributed by atoms with Crippen LogP contribution in [0.4, 0.5) is 10.1 Å². The molecule has 0 saturated carbocycles. The SMILES string of the molecule is N#Cc1ccc(N2CCCN(Cc3nn(-c4ccc(F)cc4)c4c3CCC4)CC2)cc1. The van der Waals surface area contributed by atoms with Gasteiger partial charge in [0.15, 0.2) is 0 Å². The van der Waals surface area contributed by atoms with Crippen molar-refractivity contribution in [3.63, 3.8) is 0 Å². The number of hydrogen-bond donors (Lipinski definition) is 0. The highest BCUT2D eigenvalue weighted by molar-refractivity contribution is 5.50. The van der Waals surface area contributed by atoms with Crippen LogP contribution in [0.3, 0.4) is 0 Å². The van der Waals surface area contributed by atoms with Crippen LogP contribution in [-0.4, -0.2) is 40.9 Å². The lowest BCUT2D eigenvalue weighted by Crippen LogP contribution is -2.30. The van der Waals surface area contributed by atoms with Gasteiger partial charge < -0.3 is 4.90 Å². The largest absolute Gasteiger partial charge is 0.370 e. The first-order valence-corrected chi connectivity index (χ1v) is 11.0. The molecule has 0 atom stereocenters. The smallest absolute Gasteiger partial charge is 0.123 e. The number of anilines is 1. The maximum atomic E-state index is 13.4. The summed E-state index contributed by atoms with van der Waals surface area (Å²) in [4.78, 5) is 4.91. The lowest BCUT2D eigenvalue weighted by Gasteiger charge is -2.23. The van der Waals surface area contributed by atoms with Crippen LogP contribution in [0.1, 0.15) is 35.4 Å². The van der Waals surface area contributed by atoms with Crippen LogP contribution < -0.4 is 4.90 Å². The third kappa shape index (κ3) is 4.06. The summed E-state index contributed by atoms with van der Waals surface area (Å²) in [5.74, 6) is -0.218. The van der Waals surface area contributed by atoms with Crippen LogP contribution in [0, 0.1) is 17.1 Å². The standard InChI is InChI=1S/C25H26FN5/c26-20-7-11-22(12-8-20)31-25-4-1-3-23(25)24(28-31)18-29-13-2-14-30(16-15-29)21-9-5-19(17-27)6-10-21/h5-12H,1-4,13-16,18H2. The molecule has 2 aromatic carbocycles. The maximum absolute atomic E-state index is 13.4. The van der Waals surface area contributed by atoms with Crippen molar-refractivity contribution >= 4 is 5.69 Å². The Hall–Kier alpha value is -3.17. The molecule has 5 rings (SSSR count). The first kappa shape index (κ1) is 19.8. The zero-order chi connectivity index (χ0) is 21.2. The van der Waals surface area contributed by atoms with Crippen molar-refractivity contribution in [3.05, 3.63) is 76.9 Å². The van der Waals surface area contributed by atoms with Crippen molar-refractivity contribution in [3.8, 4) is 11.8 Å². The average molecular weight is 416 g/mol. The van der Waals surface area contributed by atoms with E-state index in [9.17, 15) is 4.39 Å². The van der Waals surface area contributed by atoms with E-state index in [0.717, 1.165) is 64.1 Å². The molecule has 1 aromatic heterocycles. The van der Waals surface area contributed by atoms with Crippen molar-refractivity contribution in [1.29, 1.82) is 5.26 Å². The summed E-state index contributed by atoms with van der Waals surface area (Å²) in [5, 5.41) is 14.0. The van der Waals surface area contributed by atoms with Crippen molar-refractivity contribution < 1.29 is 4.39 Å². The van der Waals surface area contributed by atoms with Crippen LogP contribution in [0.25, 0.3) is 5.69 Å². The second-order valence-electron chi connectivity index (χ2n) is 8.39. The van der Waals surface area contributed by atoms with Gasteiger partial charge in [0.05, 0.1) is 23.0 Å². The van der Waals surface area contributed by atoms with Gasteiger partial charge in [-0.25, -0.2) is 9.07 Å². The molecule has 0 N–H and O–H groups in total. The Kier molecular flexibility index (Phi) is 5.44. The number of benzene rings is 2. The van der Waals surface area contributed by atoms with Crippen molar-refractivity contribution in [2.45, 2.75) is 32.2 Å². The summed E-state index contributed by atoms with van der Waals surface area (Å²) in [6.07, 6.45) is 4.37. The number of nitriles is 1. The summed E-state index contributed by atoms with van der Waals surface area (Å²) in [7, 11) is 0. The molecular formula is C25H26FN5. The zero-order valence-electron chi connectivity index (χ0n) is 17.6. The zero-order valence-corrected chi connectivity index (χ0v) is 17.6. The molecule has 2 heterocycles. The molecule has 0 spiro atoms. The predicted molar refractivity (Wildman–Crippen MR) is 119 cm³/mol. The fourth-order valence-electron chi connectivity index (χ4n) is 4.78. The lowest BCUT2D eigenvalue weighted by atomic mass is 10.2. The topological polar surface area (TPSA) is 48.1 Å². The van der Waals surface area contributed by atoms with E-state index >= 15 is 0 Å². The Morgan fingerprint density at radius 3 is 2.42 bits per heavy atom. The molecular weight excluding hydrogens is 389 g/mol. The van der Waals surface area contributed by atoms with Gasteiger partial charge in [-0.1, -0.05) is 0 Å². The first-order valence-electron chi connectivity index (χ1n) is 11.0.